The Balaban J connectivity index is 2.45. The lowest BCUT2D eigenvalue weighted by Crippen LogP contribution is -2.15. The number of aromatic nitrogens is 3. The summed E-state index contributed by atoms with van der Waals surface area (Å²) in [5.41, 5.74) is 1.96. The van der Waals surface area contributed by atoms with E-state index in [1.807, 2.05) is 19.9 Å². The van der Waals surface area contributed by atoms with E-state index in [1.165, 1.54) is 0 Å². The van der Waals surface area contributed by atoms with Gasteiger partial charge in [0.1, 0.15) is 11.6 Å². The molecule has 0 aliphatic carbocycles. The van der Waals surface area contributed by atoms with Crippen molar-refractivity contribution in [1.82, 2.24) is 15.0 Å². The first-order valence-corrected chi connectivity index (χ1v) is 6.83. The largest absolute Gasteiger partial charge is 0.492 e. The molecule has 5 nitrogen and oxygen atoms in total. The maximum Gasteiger partial charge on any atom is 0.254 e. The molecule has 0 unspecified atom stereocenters. The van der Waals surface area contributed by atoms with Crippen LogP contribution in [0.3, 0.4) is 0 Å². The first-order chi connectivity index (χ1) is 9.65. The highest BCUT2D eigenvalue weighted by Crippen LogP contribution is 2.22. The Morgan fingerprint density at radius 2 is 2.10 bits per heavy atom. The van der Waals surface area contributed by atoms with Crippen molar-refractivity contribution in [3.05, 3.63) is 40.2 Å². The van der Waals surface area contributed by atoms with Gasteiger partial charge in [-0.05, 0) is 19.4 Å². The third kappa shape index (κ3) is 3.04. The van der Waals surface area contributed by atoms with Crippen LogP contribution in [-0.4, -0.2) is 21.6 Å². The Morgan fingerprint density at radius 1 is 1.30 bits per heavy atom. The fraction of sp³-hybridized carbons (Fsp3) is 0.400. The summed E-state index contributed by atoms with van der Waals surface area (Å²) in [4.78, 5) is 23.3. The van der Waals surface area contributed by atoms with E-state index in [4.69, 9.17) is 4.74 Å². The van der Waals surface area contributed by atoms with E-state index in [2.05, 4.69) is 15.0 Å². The van der Waals surface area contributed by atoms with Gasteiger partial charge in [0.2, 0.25) is 0 Å². The second-order valence-electron chi connectivity index (χ2n) is 4.60. The molecule has 0 saturated heterocycles. The molecule has 0 aromatic carbocycles. The normalized spacial score (nSPS) is 10.6. The van der Waals surface area contributed by atoms with Gasteiger partial charge in [-0.2, -0.15) is 0 Å². The topological polar surface area (TPSA) is 67.9 Å². The second kappa shape index (κ2) is 6.32. The van der Waals surface area contributed by atoms with Gasteiger partial charge >= 0.3 is 0 Å². The maximum absolute atomic E-state index is 11.9. The van der Waals surface area contributed by atoms with Crippen molar-refractivity contribution in [2.45, 2.75) is 33.6 Å². The SMILES string of the molecule is CCCOc1cncc(-c2nc(CC)[nH]c(=O)c2C)c1. The van der Waals surface area contributed by atoms with Gasteiger partial charge in [-0.1, -0.05) is 13.8 Å². The summed E-state index contributed by atoms with van der Waals surface area (Å²) in [5.74, 6) is 1.37. The molecular weight excluding hydrogens is 254 g/mol. The van der Waals surface area contributed by atoms with Gasteiger partial charge in [-0.3, -0.25) is 9.78 Å². The van der Waals surface area contributed by atoms with Crippen LogP contribution < -0.4 is 10.3 Å². The number of aromatic amines is 1. The van der Waals surface area contributed by atoms with Crippen LogP contribution in [0.2, 0.25) is 0 Å². The van der Waals surface area contributed by atoms with Crippen LogP contribution in [-0.2, 0) is 6.42 Å². The summed E-state index contributed by atoms with van der Waals surface area (Å²) in [6.07, 6.45) is 4.99. The number of pyridine rings is 1. The first-order valence-electron chi connectivity index (χ1n) is 6.83. The molecule has 0 atom stereocenters. The Morgan fingerprint density at radius 3 is 2.80 bits per heavy atom. The van der Waals surface area contributed by atoms with E-state index < -0.39 is 0 Å². The first kappa shape index (κ1) is 14.2. The van der Waals surface area contributed by atoms with Crippen molar-refractivity contribution in [2.75, 3.05) is 6.61 Å². The molecule has 1 N–H and O–H groups in total. The number of nitrogens with one attached hydrogen (secondary N) is 1. The Hall–Kier alpha value is -2.17. The van der Waals surface area contributed by atoms with Crippen LogP contribution in [0, 0.1) is 6.92 Å². The van der Waals surface area contributed by atoms with Gasteiger partial charge in [0.15, 0.2) is 0 Å². The van der Waals surface area contributed by atoms with E-state index in [9.17, 15) is 4.79 Å². The van der Waals surface area contributed by atoms with Crippen molar-refractivity contribution in [1.29, 1.82) is 0 Å². The molecule has 5 heteroatoms. The number of ether oxygens (including phenoxy) is 1. The number of rotatable bonds is 5. The van der Waals surface area contributed by atoms with Crippen LogP contribution in [0.25, 0.3) is 11.3 Å². The summed E-state index contributed by atoms with van der Waals surface area (Å²) < 4.78 is 5.57. The highest BCUT2D eigenvalue weighted by atomic mass is 16.5. The molecule has 2 aromatic heterocycles. The smallest absolute Gasteiger partial charge is 0.254 e. The highest BCUT2D eigenvalue weighted by molar-refractivity contribution is 5.62. The van der Waals surface area contributed by atoms with Crippen LogP contribution in [0.15, 0.2) is 23.3 Å². The molecule has 0 fully saturated rings. The molecule has 0 bridgehead atoms. The molecule has 0 saturated carbocycles. The lowest BCUT2D eigenvalue weighted by molar-refractivity contribution is 0.316. The third-order valence-electron chi connectivity index (χ3n) is 2.99. The lowest BCUT2D eigenvalue weighted by atomic mass is 10.1. The number of hydrogen-bond acceptors (Lipinski definition) is 4. The van der Waals surface area contributed by atoms with E-state index in [0.717, 1.165) is 12.0 Å². The van der Waals surface area contributed by atoms with Gasteiger partial charge in [0.25, 0.3) is 5.56 Å². The molecule has 2 rings (SSSR count). The summed E-state index contributed by atoms with van der Waals surface area (Å²) in [6, 6.07) is 1.87. The van der Waals surface area contributed by atoms with Crippen molar-refractivity contribution in [2.24, 2.45) is 0 Å². The molecule has 0 aliphatic heterocycles. The number of H-pyrrole nitrogens is 1. The fourth-order valence-corrected chi connectivity index (χ4v) is 1.87. The van der Waals surface area contributed by atoms with E-state index in [1.54, 1.807) is 19.3 Å². The van der Waals surface area contributed by atoms with E-state index in [0.29, 0.717) is 35.9 Å². The average Bonchev–Trinajstić information content (AvgIpc) is 2.48. The van der Waals surface area contributed by atoms with Crippen molar-refractivity contribution in [3.63, 3.8) is 0 Å². The summed E-state index contributed by atoms with van der Waals surface area (Å²) >= 11 is 0. The zero-order valence-electron chi connectivity index (χ0n) is 12.1. The van der Waals surface area contributed by atoms with Gasteiger partial charge in [0.05, 0.1) is 18.5 Å². The summed E-state index contributed by atoms with van der Waals surface area (Å²) in [6.45, 7) is 6.41. The highest BCUT2D eigenvalue weighted by Gasteiger charge is 2.10. The standard InChI is InChI=1S/C15H19N3O2/c1-4-6-20-12-7-11(8-16-9-12)14-10(3)15(19)18-13(5-2)17-14/h7-9H,4-6H2,1-3H3,(H,17,18,19). The zero-order valence-corrected chi connectivity index (χ0v) is 12.1. The summed E-state index contributed by atoms with van der Waals surface area (Å²) in [7, 11) is 0. The molecule has 0 spiro atoms. The minimum absolute atomic E-state index is 0.105. The van der Waals surface area contributed by atoms with Crippen LogP contribution in [0.5, 0.6) is 5.75 Å². The minimum atomic E-state index is -0.105. The Labute approximate surface area is 118 Å². The van der Waals surface area contributed by atoms with Crippen LogP contribution >= 0.6 is 0 Å². The van der Waals surface area contributed by atoms with Gasteiger partial charge in [-0.25, -0.2) is 4.98 Å². The predicted molar refractivity (Wildman–Crippen MR) is 78.0 cm³/mol. The lowest BCUT2D eigenvalue weighted by Gasteiger charge is -2.09. The molecule has 2 aromatic rings. The Bertz CT molecular complexity index is 650. The van der Waals surface area contributed by atoms with Gasteiger partial charge in [-0.15, -0.1) is 0 Å². The molecule has 0 amide bonds. The van der Waals surface area contributed by atoms with Crippen molar-refractivity contribution < 1.29 is 4.74 Å². The van der Waals surface area contributed by atoms with Gasteiger partial charge in [0, 0.05) is 23.7 Å². The van der Waals surface area contributed by atoms with Crippen molar-refractivity contribution >= 4 is 0 Å². The monoisotopic (exact) mass is 273 g/mol. The van der Waals surface area contributed by atoms with E-state index >= 15 is 0 Å². The second-order valence-corrected chi connectivity index (χ2v) is 4.60. The number of nitrogens with zero attached hydrogens (tertiary/aromatic N) is 2. The number of hydrogen-bond donors (Lipinski definition) is 1. The molecule has 2 heterocycles. The maximum atomic E-state index is 11.9. The van der Waals surface area contributed by atoms with Gasteiger partial charge < -0.3 is 9.72 Å². The third-order valence-corrected chi connectivity index (χ3v) is 2.99. The average molecular weight is 273 g/mol. The predicted octanol–water partition coefficient (Wildman–Crippen LogP) is 2.49. The van der Waals surface area contributed by atoms with Crippen molar-refractivity contribution in [3.8, 4) is 17.0 Å². The molecule has 20 heavy (non-hydrogen) atoms. The zero-order chi connectivity index (χ0) is 14.5. The molecule has 0 radical (unpaired) electrons. The quantitative estimate of drug-likeness (QED) is 0.908. The van der Waals surface area contributed by atoms with Crippen LogP contribution in [0.4, 0.5) is 0 Å². The Kier molecular flexibility index (Phi) is 4.50. The number of aryl methyl sites for hydroxylation is 1. The van der Waals surface area contributed by atoms with E-state index in [-0.39, 0.29) is 5.56 Å². The molecule has 0 aliphatic rings. The fourth-order valence-electron chi connectivity index (χ4n) is 1.87. The molecular formula is C15H19N3O2. The summed E-state index contributed by atoms with van der Waals surface area (Å²) in [5, 5.41) is 0. The molecule has 106 valence electrons. The van der Waals surface area contributed by atoms with Crippen LogP contribution in [0.1, 0.15) is 31.7 Å². The minimum Gasteiger partial charge on any atom is -0.492 e.